The Morgan fingerprint density at radius 2 is 1.86 bits per heavy atom. The molecule has 0 spiro atoms. The molecular formula is C20H27Cl2N3O4. The monoisotopic (exact) mass is 443 g/mol. The fourth-order valence-electron chi connectivity index (χ4n) is 3.28. The second-order valence-electron chi connectivity index (χ2n) is 6.78. The molecule has 9 heteroatoms. The molecule has 0 radical (unpaired) electrons. The topological polar surface area (TPSA) is 84.3 Å². The zero-order chi connectivity index (χ0) is 21.4. The molecule has 2 rings (SSSR count). The van der Waals surface area contributed by atoms with Gasteiger partial charge in [0.15, 0.2) is 0 Å². The third kappa shape index (κ3) is 6.69. The van der Waals surface area contributed by atoms with Crippen molar-refractivity contribution in [3.8, 4) is 0 Å². The van der Waals surface area contributed by atoms with Crippen LogP contribution in [0.3, 0.4) is 0 Å². The van der Waals surface area contributed by atoms with E-state index in [2.05, 4.69) is 0 Å². The van der Waals surface area contributed by atoms with Gasteiger partial charge in [-0.15, -0.1) is 0 Å². The van der Waals surface area contributed by atoms with Crippen LogP contribution in [0, 0.1) is 0 Å². The number of carbonyl (C=O) groups is 2. The average Bonchev–Trinajstić information content (AvgIpc) is 2.89. The summed E-state index contributed by atoms with van der Waals surface area (Å²) in [5, 5.41) is 19.3. The minimum atomic E-state index is -0.274. The van der Waals surface area contributed by atoms with Gasteiger partial charge in [-0.1, -0.05) is 29.3 Å². The molecule has 1 aliphatic heterocycles. The standard InChI is InChI=1S/C20H27Cl2N3O4/c1-15(23(10-12-26)11-13-27)25-9-8-24(7-6-20(25)29)19(28)5-3-16-2-4-17(21)18(22)14-16/h2-5,14-15,26-27H,6-13H2,1H3/b5-3+. The van der Waals surface area contributed by atoms with Crippen molar-refractivity contribution in [3.05, 3.63) is 39.9 Å². The van der Waals surface area contributed by atoms with Gasteiger partial charge in [0.25, 0.3) is 0 Å². The van der Waals surface area contributed by atoms with E-state index in [1.807, 2.05) is 11.8 Å². The number of nitrogens with zero attached hydrogens (tertiary/aromatic N) is 3. The van der Waals surface area contributed by atoms with Gasteiger partial charge < -0.3 is 20.0 Å². The van der Waals surface area contributed by atoms with Gasteiger partial charge in [0.2, 0.25) is 11.8 Å². The lowest BCUT2D eigenvalue weighted by molar-refractivity contribution is -0.136. The van der Waals surface area contributed by atoms with Crippen LogP contribution in [-0.2, 0) is 9.59 Å². The second kappa shape index (κ2) is 11.5. The highest BCUT2D eigenvalue weighted by molar-refractivity contribution is 6.42. The van der Waals surface area contributed by atoms with Crippen molar-refractivity contribution in [2.24, 2.45) is 0 Å². The molecule has 1 saturated heterocycles. The fourth-order valence-corrected chi connectivity index (χ4v) is 3.59. The van der Waals surface area contributed by atoms with E-state index in [4.69, 9.17) is 23.2 Å². The minimum absolute atomic E-state index is 0.0536. The summed E-state index contributed by atoms with van der Waals surface area (Å²) in [6.07, 6.45) is 3.08. The van der Waals surface area contributed by atoms with E-state index in [0.717, 1.165) is 5.56 Å². The lowest BCUT2D eigenvalue weighted by atomic mass is 10.2. The number of hydrogen-bond acceptors (Lipinski definition) is 5. The van der Waals surface area contributed by atoms with Crippen molar-refractivity contribution < 1.29 is 19.8 Å². The molecule has 2 N–H and O–H groups in total. The Bertz CT molecular complexity index is 738. The molecule has 1 atom stereocenters. The van der Waals surface area contributed by atoms with Crippen molar-refractivity contribution in [2.75, 3.05) is 45.9 Å². The summed E-state index contributed by atoms with van der Waals surface area (Å²) < 4.78 is 0. The normalized spacial score (nSPS) is 16.6. The van der Waals surface area contributed by atoms with Crippen molar-refractivity contribution >= 4 is 41.1 Å². The van der Waals surface area contributed by atoms with Crippen LogP contribution in [-0.4, -0.2) is 88.8 Å². The first kappa shape index (κ1) is 23.6. The number of hydrogen-bond donors (Lipinski definition) is 2. The van der Waals surface area contributed by atoms with E-state index in [1.165, 1.54) is 6.08 Å². The summed E-state index contributed by atoms with van der Waals surface area (Å²) in [6.45, 7) is 3.61. The largest absolute Gasteiger partial charge is 0.395 e. The Morgan fingerprint density at radius 3 is 2.48 bits per heavy atom. The molecule has 1 heterocycles. The van der Waals surface area contributed by atoms with Crippen molar-refractivity contribution in [3.63, 3.8) is 0 Å². The maximum Gasteiger partial charge on any atom is 0.246 e. The highest BCUT2D eigenvalue weighted by Gasteiger charge is 2.28. The smallest absolute Gasteiger partial charge is 0.246 e. The zero-order valence-corrected chi connectivity index (χ0v) is 17.9. The Labute approximate surface area is 181 Å². The summed E-state index contributed by atoms with van der Waals surface area (Å²) in [5.74, 6) is -0.233. The van der Waals surface area contributed by atoms with Crippen LogP contribution in [0.1, 0.15) is 18.9 Å². The molecule has 1 aromatic rings. The van der Waals surface area contributed by atoms with Gasteiger partial charge in [0, 0.05) is 45.2 Å². The van der Waals surface area contributed by atoms with Crippen molar-refractivity contribution in [2.45, 2.75) is 19.5 Å². The van der Waals surface area contributed by atoms with Gasteiger partial charge in [0.05, 0.1) is 29.4 Å². The third-order valence-corrected chi connectivity index (χ3v) is 5.69. The average molecular weight is 444 g/mol. The number of halogens is 2. The minimum Gasteiger partial charge on any atom is -0.395 e. The van der Waals surface area contributed by atoms with E-state index in [0.29, 0.717) is 42.8 Å². The number of aliphatic hydroxyl groups is 2. The lowest BCUT2D eigenvalue weighted by Gasteiger charge is -2.36. The molecule has 1 fully saturated rings. The summed E-state index contributed by atoms with van der Waals surface area (Å²) in [7, 11) is 0. The number of benzene rings is 1. The lowest BCUT2D eigenvalue weighted by Crippen LogP contribution is -2.51. The predicted octanol–water partition coefficient (Wildman–Crippen LogP) is 1.70. The molecule has 0 aromatic heterocycles. The first-order chi connectivity index (χ1) is 13.9. The molecule has 1 aromatic carbocycles. The Hall–Kier alpha value is -1.64. The fraction of sp³-hybridized carbons (Fsp3) is 0.500. The van der Waals surface area contributed by atoms with Crippen LogP contribution >= 0.6 is 23.2 Å². The van der Waals surface area contributed by atoms with Gasteiger partial charge in [0.1, 0.15) is 0 Å². The van der Waals surface area contributed by atoms with Crippen LogP contribution in [0.2, 0.25) is 10.0 Å². The molecule has 0 bridgehead atoms. The summed E-state index contributed by atoms with van der Waals surface area (Å²) in [4.78, 5) is 30.3. The molecule has 2 amide bonds. The molecule has 29 heavy (non-hydrogen) atoms. The van der Waals surface area contributed by atoms with Crippen molar-refractivity contribution in [1.82, 2.24) is 14.7 Å². The highest BCUT2D eigenvalue weighted by atomic mass is 35.5. The van der Waals surface area contributed by atoms with Crippen LogP contribution in [0.25, 0.3) is 6.08 Å². The Balaban J connectivity index is 2.01. The number of amides is 2. The SMILES string of the molecule is CC(N(CCO)CCO)N1CCN(C(=O)/C=C/c2ccc(Cl)c(Cl)c2)CCC1=O. The Morgan fingerprint density at radius 1 is 1.17 bits per heavy atom. The van der Waals surface area contributed by atoms with E-state index >= 15 is 0 Å². The van der Waals surface area contributed by atoms with Gasteiger partial charge in [-0.2, -0.15) is 0 Å². The second-order valence-corrected chi connectivity index (χ2v) is 7.60. The zero-order valence-electron chi connectivity index (χ0n) is 16.4. The van der Waals surface area contributed by atoms with Crippen molar-refractivity contribution in [1.29, 1.82) is 0 Å². The van der Waals surface area contributed by atoms with Crippen LogP contribution in [0.4, 0.5) is 0 Å². The number of rotatable bonds is 8. The maximum absolute atomic E-state index is 12.6. The van der Waals surface area contributed by atoms with E-state index in [9.17, 15) is 19.8 Å². The third-order valence-electron chi connectivity index (χ3n) is 4.95. The molecule has 0 aliphatic carbocycles. The number of aliphatic hydroxyl groups excluding tert-OH is 2. The van der Waals surface area contributed by atoms with Crippen LogP contribution < -0.4 is 0 Å². The van der Waals surface area contributed by atoms with Crippen LogP contribution in [0.5, 0.6) is 0 Å². The quantitative estimate of drug-likeness (QED) is 0.597. The molecule has 1 aliphatic rings. The molecular weight excluding hydrogens is 417 g/mol. The predicted molar refractivity (Wildman–Crippen MR) is 114 cm³/mol. The summed E-state index contributed by atoms with van der Waals surface area (Å²) in [5.41, 5.74) is 0.762. The molecule has 0 saturated carbocycles. The van der Waals surface area contributed by atoms with E-state index in [1.54, 1.807) is 34.1 Å². The van der Waals surface area contributed by atoms with E-state index < -0.39 is 0 Å². The van der Waals surface area contributed by atoms with Crippen LogP contribution in [0.15, 0.2) is 24.3 Å². The summed E-state index contributed by atoms with van der Waals surface area (Å²) in [6, 6.07) is 5.12. The summed E-state index contributed by atoms with van der Waals surface area (Å²) >= 11 is 11.9. The van der Waals surface area contributed by atoms with Gasteiger partial charge in [-0.3, -0.25) is 14.5 Å². The first-order valence-electron chi connectivity index (χ1n) is 9.54. The van der Waals surface area contributed by atoms with E-state index in [-0.39, 0.29) is 37.6 Å². The first-order valence-corrected chi connectivity index (χ1v) is 10.3. The molecule has 7 nitrogen and oxygen atoms in total. The molecule has 160 valence electrons. The number of carbonyl (C=O) groups excluding carboxylic acids is 2. The Kier molecular flexibility index (Phi) is 9.39. The van der Waals surface area contributed by atoms with Gasteiger partial charge in [-0.25, -0.2) is 0 Å². The van der Waals surface area contributed by atoms with Gasteiger partial charge in [-0.05, 0) is 30.7 Å². The van der Waals surface area contributed by atoms with Gasteiger partial charge >= 0.3 is 0 Å². The maximum atomic E-state index is 12.6. The molecule has 1 unspecified atom stereocenters. The highest BCUT2D eigenvalue weighted by Crippen LogP contribution is 2.23.